The van der Waals surface area contributed by atoms with Crippen molar-refractivity contribution in [2.45, 2.75) is 68.0 Å². The summed E-state index contributed by atoms with van der Waals surface area (Å²) in [6.07, 6.45) is 5.76. The van der Waals surface area contributed by atoms with Gasteiger partial charge in [0.05, 0.1) is 0 Å². The summed E-state index contributed by atoms with van der Waals surface area (Å²) in [5, 5.41) is 2.56. The summed E-state index contributed by atoms with van der Waals surface area (Å²) in [5.74, 6) is 0.455. The normalized spacial score (nSPS) is 18.4. The number of hydrogen-bond acceptors (Lipinski definition) is 0. The number of fused-ring (bicyclic) bond motifs is 3. The maximum absolute atomic E-state index is 8.49. The summed E-state index contributed by atoms with van der Waals surface area (Å²) >= 11 is -4.44. The fourth-order valence-corrected chi connectivity index (χ4v) is 27.5. The number of rotatable bonds is 6. The molecule has 0 aromatic heterocycles. The van der Waals surface area contributed by atoms with Crippen LogP contribution in [0.3, 0.4) is 0 Å². The van der Waals surface area contributed by atoms with Gasteiger partial charge in [0, 0.05) is 0 Å². The van der Waals surface area contributed by atoms with Gasteiger partial charge in [-0.25, -0.2) is 0 Å². The van der Waals surface area contributed by atoms with Gasteiger partial charge in [0.2, 0.25) is 0 Å². The molecule has 210 valence electrons. The Labute approximate surface area is 254 Å². The molecule has 0 fully saturated rings. The molecule has 2 atom stereocenters. The topological polar surface area (TPSA) is 0 Å². The SMILES string of the molecule is CCC1=Cc2c(-c3cccc4ccccc34)cccc2[CH]1[Ti]([Cl])([Cl])([CH]1C(CC)=Cc2c(C(C)C)cccc21)=[Si](C)C. The molecule has 0 saturated carbocycles. The molecule has 4 aromatic rings. The molecular weight excluding hydrogens is 591 g/mol. The van der Waals surface area contributed by atoms with E-state index in [9.17, 15) is 0 Å². The Morgan fingerprint density at radius 1 is 0.683 bits per heavy atom. The molecule has 2 aliphatic rings. The van der Waals surface area contributed by atoms with Gasteiger partial charge >= 0.3 is 257 Å². The standard InChI is InChI=1S/C21H17.C14H17.C2H6Si.2ClH.Ti/c1-2-15-13-17-9-6-12-20(21(17)14-15)19-11-5-8-16-7-3-4-10-18(16)19;1-4-11-8-12-6-5-7-13(10(2)3)14(12)9-11;1-3-2;;;/h3-14H,2H2,1H3;5-10H,4H2,1-3H3;1-2H3;2*1H;/q;;;;;+2/p-2. The summed E-state index contributed by atoms with van der Waals surface area (Å²) in [5.41, 5.74) is 12.3. The number of benzene rings is 4. The predicted octanol–water partition coefficient (Wildman–Crippen LogP) is 12.3. The molecule has 0 heterocycles. The summed E-state index contributed by atoms with van der Waals surface area (Å²) in [6, 6.07) is 29.1. The molecule has 0 saturated heterocycles. The zero-order valence-electron chi connectivity index (χ0n) is 25.1. The molecule has 4 heteroatoms. The van der Waals surface area contributed by atoms with Crippen LogP contribution in [0.2, 0.25) is 13.1 Å². The number of allylic oxidation sites excluding steroid dienone is 2. The van der Waals surface area contributed by atoms with Gasteiger partial charge in [-0.3, -0.25) is 0 Å². The van der Waals surface area contributed by atoms with Gasteiger partial charge < -0.3 is 0 Å². The zero-order chi connectivity index (χ0) is 29.1. The Morgan fingerprint density at radius 2 is 1.22 bits per heavy atom. The van der Waals surface area contributed by atoms with E-state index in [4.69, 9.17) is 18.6 Å². The third kappa shape index (κ3) is 4.34. The van der Waals surface area contributed by atoms with Crippen LogP contribution in [0.4, 0.5) is 0 Å². The second-order valence-corrected chi connectivity index (χ2v) is 39.2. The van der Waals surface area contributed by atoms with Gasteiger partial charge in [-0.2, -0.15) is 0 Å². The fraction of sp³-hybridized carbons (Fsp3) is 0.297. The Balaban J connectivity index is 1.63. The van der Waals surface area contributed by atoms with Crippen LogP contribution < -0.4 is 0 Å². The molecule has 0 spiro atoms. The fourth-order valence-electron chi connectivity index (χ4n) is 7.76. The summed E-state index contributed by atoms with van der Waals surface area (Å²) < 4.78 is 0.229. The van der Waals surface area contributed by atoms with E-state index in [2.05, 4.69) is 132 Å². The molecule has 0 bridgehead atoms. The van der Waals surface area contributed by atoms with Crippen LogP contribution in [0, 0.1) is 0 Å². The third-order valence-electron chi connectivity index (χ3n) is 9.87. The van der Waals surface area contributed by atoms with E-state index in [1.54, 1.807) is 0 Å². The van der Waals surface area contributed by atoms with Gasteiger partial charge in [0.25, 0.3) is 0 Å². The molecule has 0 amide bonds. The van der Waals surface area contributed by atoms with E-state index < -0.39 is 18.1 Å². The van der Waals surface area contributed by atoms with Crippen molar-refractivity contribution in [1.82, 2.24) is 0 Å². The minimum absolute atomic E-state index is 0.0998. The van der Waals surface area contributed by atoms with E-state index in [0.717, 1.165) is 12.8 Å². The van der Waals surface area contributed by atoms with Crippen LogP contribution in [0.5, 0.6) is 0 Å². The molecule has 4 aromatic carbocycles. The van der Waals surface area contributed by atoms with Crippen LogP contribution in [-0.4, -0.2) is 6.19 Å². The van der Waals surface area contributed by atoms with Gasteiger partial charge in [-0.05, 0) is 0 Å². The summed E-state index contributed by atoms with van der Waals surface area (Å²) in [7, 11) is 17.0. The second-order valence-electron chi connectivity index (χ2n) is 12.5. The van der Waals surface area contributed by atoms with Crippen LogP contribution >= 0.6 is 18.6 Å². The molecule has 0 aliphatic heterocycles. The Bertz CT molecular complexity index is 1830. The molecule has 6 rings (SSSR count). The maximum atomic E-state index is 8.49. The first-order chi connectivity index (χ1) is 19.6. The first-order valence-electron chi connectivity index (χ1n) is 15.1. The molecule has 2 unspecified atom stereocenters. The van der Waals surface area contributed by atoms with Crippen molar-refractivity contribution in [2.75, 3.05) is 0 Å². The second kappa shape index (κ2) is 10.7. The first kappa shape index (κ1) is 29.2. The van der Waals surface area contributed by atoms with Crippen LogP contribution in [0.1, 0.15) is 82.7 Å². The van der Waals surface area contributed by atoms with Gasteiger partial charge in [0.1, 0.15) is 0 Å². The van der Waals surface area contributed by atoms with Crippen molar-refractivity contribution in [3.63, 3.8) is 0 Å². The average molecular weight is 632 g/mol. The number of hydrogen-bond donors (Lipinski definition) is 0. The van der Waals surface area contributed by atoms with E-state index in [0.29, 0.717) is 5.92 Å². The van der Waals surface area contributed by atoms with Crippen molar-refractivity contribution in [1.29, 1.82) is 0 Å². The van der Waals surface area contributed by atoms with Crippen LogP contribution in [0.25, 0.3) is 34.1 Å². The van der Waals surface area contributed by atoms with E-state index in [1.165, 1.54) is 60.9 Å². The third-order valence-corrected chi connectivity index (χ3v) is 41.5. The van der Waals surface area contributed by atoms with Crippen molar-refractivity contribution in [2.24, 2.45) is 0 Å². The van der Waals surface area contributed by atoms with Crippen molar-refractivity contribution < 1.29 is 11.9 Å². The Kier molecular flexibility index (Phi) is 7.62. The zero-order valence-corrected chi connectivity index (χ0v) is 29.1. The molecular formula is C37H40Cl2SiTi. The number of halogens is 2. The van der Waals surface area contributed by atoms with Gasteiger partial charge in [-0.1, -0.05) is 0 Å². The van der Waals surface area contributed by atoms with Crippen molar-refractivity contribution in [3.8, 4) is 11.1 Å². The van der Waals surface area contributed by atoms with Crippen molar-refractivity contribution in [3.05, 3.63) is 118 Å². The van der Waals surface area contributed by atoms with Crippen LogP contribution in [0.15, 0.2) is 90.0 Å². The summed E-state index contributed by atoms with van der Waals surface area (Å²) in [6.45, 7) is 14.0. The molecule has 0 nitrogen and oxygen atoms in total. The minimum atomic E-state index is -4.44. The molecule has 0 radical (unpaired) electrons. The quantitative estimate of drug-likeness (QED) is 0.186. The first-order valence-corrected chi connectivity index (χ1v) is 26.1. The van der Waals surface area contributed by atoms with E-state index >= 15 is 0 Å². The Hall–Kier alpha value is -1.87. The van der Waals surface area contributed by atoms with Crippen LogP contribution in [-0.2, 0) is 11.9 Å². The Morgan fingerprint density at radius 3 is 1.85 bits per heavy atom. The van der Waals surface area contributed by atoms with E-state index in [1.807, 2.05) is 0 Å². The van der Waals surface area contributed by atoms with Gasteiger partial charge in [0.15, 0.2) is 0 Å². The predicted molar refractivity (Wildman–Crippen MR) is 181 cm³/mol. The molecule has 2 aliphatic carbocycles. The van der Waals surface area contributed by atoms with E-state index in [-0.39, 0.29) is 8.45 Å². The molecule has 41 heavy (non-hydrogen) atoms. The van der Waals surface area contributed by atoms with Gasteiger partial charge in [-0.15, -0.1) is 0 Å². The summed E-state index contributed by atoms with van der Waals surface area (Å²) in [4.78, 5) is 0. The molecule has 0 N–H and O–H groups in total. The van der Waals surface area contributed by atoms with Crippen molar-refractivity contribution >= 4 is 47.7 Å². The average Bonchev–Trinajstić information content (AvgIpc) is 3.56. The monoisotopic (exact) mass is 630 g/mol.